The van der Waals surface area contributed by atoms with Gasteiger partial charge in [-0.05, 0) is 30.4 Å². The number of benzene rings is 2. The second-order valence-electron chi connectivity index (χ2n) is 9.80. The predicted octanol–water partition coefficient (Wildman–Crippen LogP) is 7.43. The minimum atomic E-state index is -3.89. The summed E-state index contributed by atoms with van der Waals surface area (Å²) in [5.41, 5.74) is 3.22. The molecule has 214 valence electrons. The van der Waals surface area contributed by atoms with E-state index in [1.165, 1.54) is 65.7 Å². The molecule has 0 spiro atoms. The van der Waals surface area contributed by atoms with Crippen LogP contribution in [0.4, 0.5) is 0 Å². The molecule has 0 aliphatic heterocycles. The molecule has 0 saturated heterocycles. The van der Waals surface area contributed by atoms with Gasteiger partial charge in [0.2, 0.25) is 0 Å². The lowest BCUT2D eigenvalue weighted by atomic mass is 9.98. The third kappa shape index (κ3) is 12.1. The number of carbonyl (C=O) groups is 3. The summed E-state index contributed by atoms with van der Waals surface area (Å²) >= 11 is 0. The molecular weight excluding hydrogens is 512 g/mol. The van der Waals surface area contributed by atoms with Gasteiger partial charge in [0.25, 0.3) is 17.9 Å². The van der Waals surface area contributed by atoms with Gasteiger partial charge in [-0.15, -0.1) is 0 Å². The summed E-state index contributed by atoms with van der Waals surface area (Å²) in [6.07, 6.45) is 11.3. The summed E-state index contributed by atoms with van der Waals surface area (Å²) < 4.78 is 22.2. The smallest absolute Gasteiger partial charge is 0.493 e. The van der Waals surface area contributed by atoms with Crippen LogP contribution in [0.25, 0.3) is 11.1 Å². The highest BCUT2D eigenvalue weighted by molar-refractivity contribution is 6.65. The molecule has 2 aromatic carbocycles. The molecular formula is C31H44O7Si. The van der Waals surface area contributed by atoms with Crippen molar-refractivity contribution in [1.29, 1.82) is 0 Å². The summed E-state index contributed by atoms with van der Waals surface area (Å²) in [6.45, 7) is 6.09. The molecule has 0 aliphatic carbocycles. The van der Waals surface area contributed by atoms with Crippen LogP contribution >= 0.6 is 0 Å². The van der Waals surface area contributed by atoms with Crippen LogP contribution in [0, 0.1) is 0 Å². The molecule has 7 nitrogen and oxygen atoms in total. The number of unbranched alkanes of at least 4 members (excludes halogenated alkanes) is 7. The maximum Gasteiger partial charge on any atom is 0.705 e. The molecule has 0 aliphatic rings. The summed E-state index contributed by atoms with van der Waals surface area (Å²) in [6, 6.07) is 16.4. The Bertz CT molecular complexity index is 998. The SMILES string of the molecule is CCCCCCCCCCc1cccc(-c2ccccc2)c1OCCC[Si](OC(C)=O)(OC(C)=O)OC(C)=O. The van der Waals surface area contributed by atoms with E-state index in [0.717, 1.165) is 35.3 Å². The lowest BCUT2D eigenvalue weighted by molar-refractivity contribution is -0.147. The topological polar surface area (TPSA) is 88.1 Å². The van der Waals surface area contributed by atoms with E-state index in [0.29, 0.717) is 6.42 Å². The zero-order chi connectivity index (χ0) is 28.5. The van der Waals surface area contributed by atoms with E-state index >= 15 is 0 Å². The van der Waals surface area contributed by atoms with Crippen LogP contribution in [0.1, 0.15) is 91.0 Å². The molecule has 0 N–H and O–H groups in total. The van der Waals surface area contributed by atoms with E-state index in [9.17, 15) is 14.4 Å². The van der Waals surface area contributed by atoms with E-state index in [1.54, 1.807) is 0 Å². The van der Waals surface area contributed by atoms with E-state index < -0.39 is 26.7 Å². The lowest BCUT2D eigenvalue weighted by Crippen LogP contribution is -2.49. The molecule has 0 fully saturated rings. The average molecular weight is 557 g/mol. The summed E-state index contributed by atoms with van der Waals surface area (Å²) in [5.74, 6) is -1.20. The fraction of sp³-hybridized carbons (Fsp3) is 0.516. The van der Waals surface area contributed by atoms with Gasteiger partial charge in [-0.25, -0.2) is 0 Å². The minimum absolute atomic E-state index is 0.0760. The van der Waals surface area contributed by atoms with Crippen molar-refractivity contribution in [3.8, 4) is 16.9 Å². The van der Waals surface area contributed by atoms with E-state index in [1.807, 2.05) is 18.2 Å². The van der Waals surface area contributed by atoms with Gasteiger partial charge in [0.15, 0.2) is 0 Å². The Morgan fingerprint density at radius 3 is 1.79 bits per heavy atom. The van der Waals surface area contributed by atoms with E-state index in [4.69, 9.17) is 18.0 Å². The van der Waals surface area contributed by atoms with Crippen molar-refractivity contribution in [2.75, 3.05) is 6.61 Å². The third-order valence-corrected chi connectivity index (χ3v) is 9.01. The molecule has 0 aromatic heterocycles. The number of para-hydroxylation sites is 1. The van der Waals surface area contributed by atoms with Gasteiger partial charge in [0.1, 0.15) is 5.75 Å². The maximum atomic E-state index is 11.7. The highest BCUT2D eigenvalue weighted by atomic mass is 28.4. The zero-order valence-corrected chi connectivity index (χ0v) is 25.0. The van der Waals surface area contributed by atoms with Gasteiger partial charge in [-0.3, -0.25) is 14.4 Å². The number of aryl methyl sites for hydroxylation is 1. The number of rotatable bonds is 18. The highest BCUT2D eigenvalue weighted by Crippen LogP contribution is 2.35. The molecule has 0 radical (unpaired) electrons. The predicted molar refractivity (Wildman–Crippen MR) is 154 cm³/mol. The number of hydrogen-bond donors (Lipinski definition) is 0. The van der Waals surface area contributed by atoms with Gasteiger partial charge >= 0.3 is 8.80 Å². The van der Waals surface area contributed by atoms with Crippen molar-refractivity contribution in [3.05, 3.63) is 54.1 Å². The van der Waals surface area contributed by atoms with Crippen LogP contribution in [0.2, 0.25) is 6.04 Å². The molecule has 39 heavy (non-hydrogen) atoms. The van der Waals surface area contributed by atoms with Crippen LogP contribution in [-0.2, 0) is 34.1 Å². The van der Waals surface area contributed by atoms with Gasteiger partial charge in [0, 0.05) is 26.3 Å². The summed E-state index contributed by atoms with van der Waals surface area (Å²) in [7, 11) is -3.89. The molecule has 0 unspecified atom stereocenters. The summed E-state index contributed by atoms with van der Waals surface area (Å²) in [4.78, 5) is 35.2. The fourth-order valence-corrected chi connectivity index (χ4v) is 6.90. The molecule has 2 rings (SSSR count). The maximum absolute atomic E-state index is 11.7. The molecule has 0 atom stereocenters. The van der Waals surface area contributed by atoms with Gasteiger partial charge < -0.3 is 18.0 Å². The van der Waals surface area contributed by atoms with Crippen molar-refractivity contribution in [1.82, 2.24) is 0 Å². The Morgan fingerprint density at radius 2 is 1.23 bits per heavy atom. The Kier molecular flexibility index (Phi) is 14.4. The standard InChI is InChI=1S/C31H44O7Si/c1-5-6-7-8-9-10-11-13-20-29-21-16-22-30(28-18-14-12-15-19-28)31(29)35-23-17-24-39(36-25(2)32,37-26(3)33)38-27(4)34/h12,14-16,18-19,21-22H,5-11,13,17,20,23-24H2,1-4H3. The Balaban J connectivity index is 2.12. The third-order valence-electron chi connectivity index (χ3n) is 6.25. The van der Waals surface area contributed by atoms with Gasteiger partial charge in [-0.1, -0.05) is 100 Å². The minimum Gasteiger partial charge on any atom is -0.493 e. The van der Waals surface area contributed by atoms with Crippen LogP contribution in [0.5, 0.6) is 5.75 Å². The van der Waals surface area contributed by atoms with Crippen LogP contribution in [-0.4, -0.2) is 33.3 Å². The van der Waals surface area contributed by atoms with Gasteiger partial charge in [-0.2, -0.15) is 0 Å². The molecule has 2 aromatic rings. The van der Waals surface area contributed by atoms with Crippen LogP contribution in [0.15, 0.2) is 48.5 Å². The number of carbonyl (C=O) groups excluding carboxylic acids is 3. The first-order chi connectivity index (χ1) is 18.8. The monoisotopic (exact) mass is 556 g/mol. The molecule has 0 saturated carbocycles. The zero-order valence-electron chi connectivity index (χ0n) is 24.0. The number of hydrogen-bond acceptors (Lipinski definition) is 7. The van der Waals surface area contributed by atoms with Crippen molar-refractivity contribution in [3.63, 3.8) is 0 Å². The normalized spacial score (nSPS) is 11.1. The van der Waals surface area contributed by atoms with Gasteiger partial charge in [0.05, 0.1) is 12.7 Å². The molecule has 8 heteroatoms. The largest absolute Gasteiger partial charge is 0.705 e. The van der Waals surface area contributed by atoms with Crippen molar-refractivity contribution in [2.24, 2.45) is 0 Å². The Hall–Kier alpha value is -3.13. The molecule has 0 amide bonds. The van der Waals surface area contributed by atoms with E-state index in [-0.39, 0.29) is 12.7 Å². The lowest BCUT2D eigenvalue weighted by Gasteiger charge is -2.26. The first-order valence-electron chi connectivity index (χ1n) is 14.1. The average Bonchev–Trinajstić information content (AvgIpc) is 2.88. The Labute approximate surface area is 234 Å². The number of ether oxygens (including phenoxy) is 1. The van der Waals surface area contributed by atoms with Crippen molar-refractivity contribution in [2.45, 2.75) is 97.9 Å². The van der Waals surface area contributed by atoms with Crippen molar-refractivity contribution >= 4 is 26.7 Å². The van der Waals surface area contributed by atoms with E-state index in [2.05, 4.69) is 37.3 Å². The highest BCUT2D eigenvalue weighted by Gasteiger charge is 2.51. The van der Waals surface area contributed by atoms with Crippen molar-refractivity contribution < 1.29 is 32.4 Å². The van der Waals surface area contributed by atoms with Crippen LogP contribution in [0.3, 0.4) is 0 Å². The Morgan fingerprint density at radius 1 is 0.667 bits per heavy atom. The summed E-state index contributed by atoms with van der Waals surface area (Å²) in [5, 5.41) is 0. The van der Waals surface area contributed by atoms with Crippen LogP contribution < -0.4 is 4.74 Å². The first kappa shape index (κ1) is 32.1. The second kappa shape index (κ2) is 17.5. The quantitative estimate of drug-likeness (QED) is 0.139. The molecule has 0 bridgehead atoms. The first-order valence-corrected chi connectivity index (χ1v) is 16.1. The second-order valence-corrected chi connectivity index (χ2v) is 12.3. The fourth-order valence-electron chi connectivity index (χ4n) is 4.58. The molecule has 0 heterocycles.